The van der Waals surface area contributed by atoms with Crippen molar-refractivity contribution in [1.82, 2.24) is 9.80 Å². The van der Waals surface area contributed by atoms with Gasteiger partial charge in [0.05, 0.1) is 18.5 Å². The van der Waals surface area contributed by atoms with Crippen molar-refractivity contribution in [2.45, 2.75) is 19.4 Å². The molecule has 0 spiro atoms. The lowest BCUT2D eigenvalue weighted by Gasteiger charge is -2.23. The first kappa shape index (κ1) is 15.3. The second-order valence-corrected chi connectivity index (χ2v) is 6.48. The molecule has 3 rings (SSSR count). The third-order valence-electron chi connectivity index (χ3n) is 4.32. The van der Waals surface area contributed by atoms with Crippen LogP contribution in [0.25, 0.3) is 0 Å². The van der Waals surface area contributed by atoms with Crippen LogP contribution in [-0.2, 0) is 16.1 Å². The summed E-state index contributed by atoms with van der Waals surface area (Å²) in [6.07, 6.45) is 5.38. The number of allylic oxidation sites excluding steroid dienone is 2. The Labute approximate surface area is 135 Å². The van der Waals surface area contributed by atoms with Crippen LogP contribution in [0.15, 0.2) is 36.4 Å². The number of nitrogens with zero attached hydrogens (tertiary/aromatic N) is 2. The molecule has 0 aromatic heterocycles. The predicted octanol–water partition coefficient (Wildman–Crippen LogP) is 2.68. The second-order valence-electron chi connectivity index (χ2n) is 6.05. The fraction of sp³-hybridized carbons (Fsp3) is 0.412. The van der Waals surface area contributed by atoms with E-state index in [1.54, 1.807) is 0 Å². The van der Waals surface area contributed by atoms with Gasteiger partial charge in [-0.05, 0) is 37.6 Å². The van der Waals surface area contributed by atoms with Crippen LogP contribution in [0, 0.1) is 11.8 Å². The minimum atomic E-state index is -0.155. The number of carbonyl (C=O) groups excluding carboxylic acids is 2. The number of fused-ring (bicyclic) bond motifs is 1. The van der Waals surface area contributed by atoms with Crippen molar-refractivity contribution in [2.75, 3.05) is 13.7 Å². The van der Waals surface area contributed by atoms with E-state index in [2.05, 4.69) is 0 Å². The number of imide groups is 1. The quantitative estimate of drug-likeness (QED) is 0.633. The molecule has 0 unspecified atom stereocenters. The number of carbonyl (C=O) groups is 2. The highest BCUT2D eigenvalue weighted by atomic mass is 35.5. The molecule has 0 bridgehead atoms. The summed E-state index contributed by atoms with van der Waals surface area (Å²) >= 11 is 5.98. The van der Waals surface area contributed by atoms with E-state index in [0.29, 0.717) is 31.1 Å². The van der Waals surface area contributed by atoms with Gasteiger partial charge in [0.25, 0.3) is 0 Å². The van der Waals surface area contributed by atoms with Gasteiger partial charge in [0.1, 0.15) is 0 Å². The normalized spacial score (nSPS) is 24.2. The molecule has 2 aliphatic rings. The topological polar surface area (TPSA) is 40.6 Å². The molecule has 1 saturated heterocycles. The first-order chi connectivity index (χ1) is 10.6. The number of likely N-dealkylation sites (tertiary alicyclic amines) is 1. The number of halogens is 1. The summed E-state index contributed by atoms with van der Waals surface area (Å²) in [6, 6.07) is 7.61. The highest BCUT2D eigenvalue weighted by Gasteiger charge is 2.47. The number of benzene rings is 1. The van der Waals surface area contributed by atoms with Crippen molar-refractivity contribution < 1.29 is 9.59 Å². The van der Waals surface area contributed by atoms with Gasteiger partial charge in [-0.2, -0.15) is 0 Å². The summed E-state index contributed by atoms with van der Waals surface area (Å²) in [5, 5.41) is 0.691. The minimum absolute atomic E-state index is 0.0303. The first-order valence-corrected chi connectivity index (χ1v) is 7.87. The fourth-order valence-corrected chi connectivity index (χ4v) is 3.46. The van der Waals surface area contributed by atoms with Gasteiger partial charge in [0, 0.05) is 11.6 Å². The molecule has 1 heterocycles. The van der Waals surface area contributed by atoms with Crippen LogP contribution in [-0.4, -0.2) is 35.3 Å². The van der Waals surface area contributed by atoms with Crippen LogP contribution >= 0.6 is 11.6 Å². The second kappa shape index (κ2) is 6.23. The van der Waals surface area contributed by atoms with Crippen LogP contribution in [0.1, 0.15) is 18.4 Å². The van der Waals surface area contributed by atoms with E-state index in [1.165, 1.54) is 4.90 Å². The molecule has 1 aromatic rings. The van der Waals surface area contributed by atoms with Gasteiger partial charge in [-0.1, -0.05) is 35.9 Å². The standard InChI is InChI=1S/C17H19ClN2O2/c1-19(10-12-5-4-6-13(18)9-12)11-20-16(21)14-7-2-3-8-15(14)17(20)22/h2-6,9,14-15H,7-8,10-11H2,1H3/t14-,15+. The van der Waals surface area contributed by atoms with Crippen LogP contribution in [0.5, 0.6) is 0 Å². The lowest BCUT2D eigenvalue weighted by molar-refractivity contribution is -0.142. The van der Waals surface area contributed by atoms with E-state index in [-0.39, 0.29) is 23.7 Å². The van der Waals surface area contributed by atoms with E-state index in [1.807, 2.05) is 48.4 Å². The predicted molar refractivity (Wildman–Crippen MR) is 85.0 cm³/mol. The monoisotopic (exact) mass is 318 g/mol. The van der Waals surface area contributed by atoms with Gasteiger partial charge in [-0.15, -0.1) is 0 Å². The number of rotatable bonds is 4. The number of hydrogen-bond donors (Lipinski definition) is 0. The SMILES string of the molecule is CN(Cc1cccc(Cl)c1)CN1C(=O)[C@H]2CC=CC[C@H]2C1=O. The largest absolute Gasteiger partial charge is 0.284 e. The number of amides is 2. The third-order valence-corrected chi connectivity index (χ3v) is 4.56. The fourth-order valence-electron chi connectivity index (χ4n) is 3.25. The molecule has 5 heteroatoms. The Morgan fingerprint density at radius 1 is 1.18 bits per heavy atom. The lowest BCUT2D eigenvalue weighted by Crippen LogP contribution is -2.40. The third kappa shape index (κ3) is 2.94. The molecule has 1 aromatic carbocycles. The minimum Gasteiger partial charge on any atom is -0.284 e. The molecule has 4 nitrogen and oxygen atoms in total. The summed E-state index contributed by atoms with van der Waals surface area (Å²) in [5.74, 6) is -0.372. The Hall–Kier alpha value is -1.65. The molecule has 116 valence electrons. The average Bonchev–Trinajstić information content (AvgIpc) is 2.73. The van der Waals surface area contributed by atoms with Crippen molar-refractivity contribution in [3.63, 3.8) is 0 Å². The van der Waals surface area contributed by atoms with Crippen LogP contribution in [0.2, 0.25) is 5.02 Å². The van der Waals surface area contributed by atoms with E-state index >= 15 is 0 Å². The van der Waals surface area contributed by atoms with Gasteiger partial charge in [-0.25, -0.2) is 0 Å². The maximum absolute atomic E-state index is 12.4. The highest BCUT2D eigenvalue weighted by Crippen LogP contribution is 2.35. The molecule has 22 heavy (non-hydrogen) atoms. The van der Waals surface area contributed by atoms with E-state index in [0.717, 1.165) is 5.56 Å². The molecule has 1 aliphatic heterocycles. The Bertz CT molecular complexity index is 603. The van der Waals surface area contributed by atoms with Gasteiger partial charge < -0.3 is 0 Å². The zero-order chi connectivity index (χ0) is 15.7. The van der Waals surface area contributed by atoms with E-state index in [9.17, 15) is 9.59 Å². The zero-order valence-electron chi connectivity index (χ0n) is 12.5. The van der Waals surface area contributed by atoms with Crippen molar-refractivity contribution in [2.24, 2.45) is 11.8 Å². The molecule has 1 aliphatic carbocycles. The smallest absolute Gasteiger partial charge is 0.234 e. The molecule has 0 radical (unpaired) electrons. The maximum atomic E-state index is 12.4. The van der Waals surface area contributed by atoms with Crippen molar-refractivity contribution in [1.29, 1.82) is 0 Å². The first-order valence-electron chi connectivity index (χ1n) is 7.49. The Morgan fingerprint density at radius 3 is 2.41 bits per heavy atom. The molecule has 2 amide bonds. The molecule has 2 atom stereocenters. The molecule has 0 saturated carbocycles. The van der Waals surface area contributed by atoms with Gasteiger partial charge >= 0.3 is 0 Å². The van der Waals surface area contributed by atoms with Gasteiger partial charge in [0.15, 0.2) is 0 Å². The molecular formula is C17H19ClN2O2. The molecular weight excluding hydrogens is 300 g/mol. The van der Waals surface area contributed by atoms with Gasteiger partial charge in [0.2, 0.25) is 11.8 Å². The van der Waals surface area contributed by atoms with Crippen LogP contribution in [0.4, 0.5) is 0 Å². The van der Waals surface area contributed by atoms with Crippen LogP contribution < -0.4 is 0 Å². The average molecular weight is 319 g/mol. The summed E-state index contributed by atoms with van der Waals surface area (Å²) in [7, 11) is 1.90. The summed E-state index contributed by atoms with van der Waals surface area (Å²) in [6.45, 7) is 0.975. The van der Waals surface area contributed by atoms with Gasteiger partial charge in [-0.3, -0.25) is 19.4 Å². The summed E-state index contributed by atoms with van der Waals surface area (Å²) in [4.78, 5) is 28.2. The van der Waals surface area contributed by atoms with E-state index in [4.69, 9.17) is 11.6 Å². The van der Waals surface area contributed by atoms with Crippen molar-refractivity contribution >= 4 is 23.4 Å². The summed E-state index contributed by atoms with van der Waals surface area (Å²) in [5.41, 5.74) is 1.06. The summed E-state index contributed by atoms with van der Waals surface area (Å²) < 4.78 is 0. The number of hydrogen-bond acceptors (Lipinski definition) is 3. The highest BCUT2D eigenvalue weighted by molar-refractivity contribution is 6.30. The maximum Gasteiger partial charge on any atom is 0.234 e. The van der Waals surface area contributed by atoms with E-state index < -0.39 is 0 Å². The Morgan fingerprint density at radius 2 is 1.82 bits per heavy atom. The molecule has 0 N–H and O–H groups in total. The lowest BCUT2D eigenvalue weighted by atomic mass is 9.85. The van der Waals surface area contributed by atoms with Crippen molar-refractivity contribution in [3.05, 3.63) is 47.0 Å². The Kier molecular flexibility index (Phi) is 4.32. The molecule has 1 fully saturated rings. The Balaban J connectivity index is 1.65. The van der Waals surface area contributed by atoms with Crippen molar-refractivity contribution in [3.8, 4) is 0 Å². The zero-order valence-corrected chi connectivity index (χ0v) is 13.3. The van der Waals surface area contributed by atoms with Crippen LogP contribution in [0.3, 0.4) is 0 Å².